The third-order valence-electron chi connectivity index (χ3n) is 5.08. The van der Waals surface area contributed by atoms with Crippen LogP contribution in [-0.2, 0) is 16.6 Å². The summed E-state index contributed by atoms with van der Waals surface area (Å²) in [5.74, 6) is 0.0731. The topological polar surface area (TPSA) is 116 Å². The number of halogens is 1. The molecule has 3 rings (SSSR count). The lowest BCUT2D eigenvalue weighted by Crippen LogP contribution is -2.21. The molecule has 2 aromatic heterocycles. The van der Waals surface area contributed by atoms with Crippen molar-refractivity contribution in [2.75, 3.05) is 32.3 Å². The fourth-order valence-corrected chi connectivity index (χ4v) is 5.44. The highest BCUT2D eigenvalue weighted by molar-refractivity contribution is 9.10. The number of carbonyl (C=O) groups excluding carboxylic acids is 3. The number of hydrogen-bond acceptors (Lipinski definition) is 9. The van der Waals surface area contributed by atoms with E-state index in [1.807, 2.05) is 31.2 Å². The largest absolute Gasteiger partial charge is 0.483 e. The van der Waals surface area contributed by atoms with Crippen LogP contribution in [0, 0.1) is 6.92 Å². The Hall–Kier alpha value is -2.90. The van der Waals surface area contributed by atoms with Gasteiger partial charge in [0.2, 0.25) is 5.91 Å². The Labute approximate surface area is 225 Å². The fourth-order valence-electron chi connectivity index (χ4n) is 3.23. The molecule has 0 fully saturated rings. The van der Waals surface area contributed by atoms with Crippen LogP contribution < -0.4 is 10.1 Å². The molecule has 36 heavy (non-hydrogen) atoms. The van der Waals surface area contributed by atoms with Crippen molar-refractivity contribution < 1.29 is 23.9 Å². The quantitative estimate of drug-likeness (QED) is 0.287. The van der Waals surface area contributed by atoms with Crippen molar-refractivity contribution >= 4 is 61.8 Å². The van der Waals surface area contributed by atoms with Gasteiger partial charge in [0.15, 0.2) is 17.1 Å². The first kappa shape index (κ1) is 27.7. The molecule has 0 radical (unpaired) electrons. The molecule has 0 aliphatic rings. The van der Waals surface area contributed by atoms with E-state index in [-0.39, 0.29) is 34.2 Å². The molecule has 192 valence electrons. The number of thioether (sulfide) groups is 1. The predicted molar refractivity (Wildman–Crippen MR) is 142 cm³/mol. The maximum atomic E-state index is 12.7. The number of carbonyl (C=O) groups is 3. The number of esters is 1. The smallest absolute Gasteiger partial charge is 0.341 e. The fraction of sp³-hybridized carbons (Fsp3) is 0.348. The summed E-state index contributed by atoms with van der Waals surface area (Å²) >= 11 is 5.63. The highest BCUT2D eigenvalue weighted by Gasteiger charge is 2.27. The van der Waals surface area contributed by atoms with Gasteiger partial charge in [-0.2, -0.15) is 0 Å². The summed E-state index contributed by atoms with van der Waals surface area (Å²) in [6, 6.07) is 7.48. The van der Waals surface area contributed by atoms with Gasteiger partial charge < -0.3 is 24.3 Å². The number of methoxy groups -OCH3 is 1. The second kappa shape index (κ2) is 11.9. The Kier molecular flexibility index (Phi) is 9.14. The molecule has 0 saturated carbocycles. The number of rotatable bonds is 9. The number of anilines is 1. The number of ether oxygens (including phenoxy) is 2. The number of amides is 2. The maximum absolute atomic E-state index is 12.7. The maximum Gasteiger partial charge on any atom is 0.341 e. The second-order valence-electron chi connectivity index (χ2n) is 7.90. The van der Waals surface area contributed by atoms with Gasteiger partial charge in [0.1, 0.15) is 10.8 Å². The molecule has 1 N–H and O–H groups in total. The van der Waals surface area contributed by atoms with Gasteiger partial charge in [-0.15, -0.1) is 21.5 Å². The lowest BCUT2D eigenvalue weighted by Gasteiger charge is -2.14. The highest BCUT2D eigenvalue weighted by Crippen LogP contribution is 2.34. The molecule has 1 aromatic carbocycles. The monoisotopic (exact) mass is 595 g/mol. The summed E-state index contributed by atoms with van der Waals surface area (Å²) < 4.78 is 13.5. The molecule has 0 aliphatic heterocycles. The van der Waals surface area contributed by atoms with Crippen molar-refractivity contribution in [3.05, 3.63) is 50.6 Å². The van der Waals surface area contributed by atoms with Crippen LogP contribution >= 0.6 is 39.0 Å². The molecular formula is C23H26BrN5O5S2. The van der Waals surface area contributed by atoms with Crippen LogP contribution in [0.4, 0.5) is 5.00 Å². The van der Waals surface area contributed by atoms with Gasteiger partial charge in [-0.3, -0.25) is 9.59 Å². The molecule has 0 saturated heterocycles. The number of benzene rings is 1. The van der Waals surface area contributed by atoms with Crippen molar-refractivity contribution in [2.24, 2.45) is 7.05 Å². The molecule has 1 atom stereocenters. The van der Waals surface area contributed by atoms with Gasteiger partial charge in [0.05, 0.1) is 23.3 Å². The zero-order valence-corrected chi connectivity index (χ0v) is 23.8. The minimum atomic E-state index is -0.623. The molecule has 0 bridgehead atoms. The SMILES string of the molecule is COC(=O)c1c(NC(=O)CSc2nnc(C(C)Oc3ccc(Br)cc3)n2C)sc(C(=O)N(C)C)c1C. The van der Waals surface area contributed by atoms with Gasteiger partial charge >= 0.3 is 5.97 Å². The first-order valence-corrected chi connectivity index (χ1v) is 13.3. The van der Waals surface area contributed by atoms with E-state index in [1.165, 1.54) is 23.8 Å². The van der Waals surface area contributed by atoms with Crippen molar-refractivity contribution in [3.63, 3.8) is 0 Å². The van der Waals surface area contributed by atoms with E-state index in [0.717, 1.165) is 15.8 Å². The van der Waals surface area contributed by atoms with Gasteiger partial charge in [0.25, 0.3) is 5.91 Å². The van der Waals surface area contributed by atoms with Crippen molar-refractivity contribution in [1.82, 2.24) is 19.7 Å². The Balaban J connectivity index is 1.69. The Bertz CT molecular complexity index is 1270. The van der Waals surface area contributed by atoms with E-state index in [9.17, 15) is 14.4 Å². The van der Waals surface area contributed by atoms with E-state index >= 15 is 0 Å². The van der Waals surface area contributed by atoms with Gasteiger partial charge in [-0.25, -0.2) is 4.79 Å². The van der Waals surface area contributed by atoms with Gasteiger partial charge in [-0.1, -0.05) is 27.7 Å². The number of aromatic nitrogens is 3. The number of thiophene rings is 1. The minimum Gasteiger partial charge on any atom is -0.483 e. The highest BCUT2D eigenvalue weighted by atomic mass is 79.9. The predicted octanol–water partition coefficient (Wildman–Crippen LogP) is 4.31. The molecule has 2 heterocycles. The van der Waals surface area contributed by atoms with Crippen LogP contribution in [0.3, 0.4) is 0 Å². The van der Waals surface area contributed by atoms with E-state index in [4.69, 9.17) is 9.47 Å². The third kappa shape index (κ3) is 6.26. The minimum absolute atomic E-state index is 0.0163. The first-order valence-electron chi connectivity index (χ1n) is 10.7. The van der Waals surface area contributed by atoms with E-state index in [2.05, 4.69) is 31.4 Å². The van der Waals surface area contributed by atoms with Crippen molar-refractivity contribution in [1.29, 1.82) is 0 Å². The molecule has 1 unspecified atom stereocenters. The van der Waals surface area contributed by atoms with E-state index < -0.39 is 5.97 Å². The Morgan fingerprint density at radius 3 is 2.50 bits per heavy atom. The summed E-state index contributed by atoms with van der Waals surface area (Å²) in [5.41, 5.74) is 0.636. The van der Waals surface area contributed by atoms with Crippen LogP contribution in [0.1, 0.15) is 44.4 Å². The first-order chi connectivity index (χ1) is 17.0. The normalized spacial score (nSPS) is 11.6. The molecule has 3 aromatic rings. The third-order valence-corrected chi connectivity index (χ3v) is 7.82. The van der Waals surface area contributed by atoms with E-state index in [0.29, 0.717) is 27.2 Å². The number of nitrogens with one attached hydrogen (secondary N) is 1. The average molecular weight is 597 g/mol. The number of nitrogens with zero attached hydrogens (tertiary/aromatic N) is 4. The van der Waals surface area contributed by atoms with Crippen LogP contribution in [0.15, 0.2) is 33.9 Å². The molecule has 0 aliphatic carbocycles. The summed E-state index contributed by atoms with van der Waals surface area (Å²) in [5, 5.41) is 11.9. The molecular weight excluding hydrogens is 570 g/mol. The second-order valence-corrected chi connectivity index (χ2v) is 10.8. The summed E-state index contributed by atoms with van der Waals surface area (Å²) in [6.45, 7) is 3.52. The van der Waals surface area contributed by atoms with Crippen molar-refractivity contribution in [3.8, 4) is 5.75 Å². The van der Waals surface area contributed by atoms with Crippen LogP contribution in [-0.4, -0.2) is 64.4 Å². The molecule has 10 nitrogen and oxygen atoms in total. The lowest BCUT2D eigenvalue weighted by atomic mass is 10.1. The van der Waals surface area contributed by atoms with Gasteiger partial charge in [-0.05, 0) is 43.7 Å². The molecule has 13 heteroatoms. The zero-order chi connectivity index (χ0) is 26.6. The Morgan fingerprint density at radius 1 is 1.22 bits per heavy atom. The zero-order valence-electron chi connectivity index (χ0n) is 20.6. The standard InChI is InChI=1S/C23H26BrN5O5S2/c1-12-17(22(32)33-6)20(36-18(12)21(31)28(3)4)25-16(30)11-35-23-27-26-19(29(23)5)13(2)34-15-9-7-14(24)8-10-15/h7-10,13H,11H2,1-6H3,(H,25,30). The average Bonchev–Trinajstić information content (AvgIpc) is 3.37. The van der Waals surface area contributed by atoms with Crippen LogP contribution in [0.2, 0.25) is 0 Å². The molecule has 0 spiro atoms. The lowest BCUT2D eigenvalue weighted by molar-refractivity contribution is -0.113. The Morgan fingerprint density at radius 2 is 1.89 bits per heavy atom. The van der Waals surface area contributed by atoms with Gasteiger partial charge in [0, 0.05) is 25.6 Å². The van der Waals surface area contributed by atoms with E-state index in [1.54, 1.807) is 32.6 Å². The van der Waals surface area contributed by atoms with Crippen LogP contribution in [0.25, 0.3) is 0 Å². The summed E-state index contributed by atoms with van der Waals surface area (Å²) in [6.07, 6.45) is -0.365. The number of hydrogen-bond donors (Lipinski definition) is 1. The molecule has 2 amide bonds. The van der Waals surface area contributed by atoms with Crippen LogP contribution in [0.5, 0.6) is 5.75 Å². The summed E-state index contributed by atoms with van der Waals surface area (Å²) in [7, 11) is 6.29. The van der Waals surface area contributed by atoms with Crippen molar-refractivity contribution in [2.45, 2.75) is 25.1 Å². The summed E-state index contributed by atoms with van der Waals surface area (Å²) in [4.78, 5) is 39.4.